The van der Waals surface area contributed by atoms with Crippen LogP contribution < -0.4 is 0 Å². The monoisotopic (exact) mass is 295 g/mol. The molecule has 1 aromatic rings. The maximum absolute atomic E-state index is 11.5. The SMILES string of the molecule is CC(=O)c1cc(Cl)cc(CN2CCCC2C(C)C)c1O. The molecule has 0 amide bonds. The Balaban J connectivity index is 2.27. The first-order valence-electron chi connectivity index (χ1n) is 7.16. The van der Waals surface area contributed by atoms with Gasteiger partial charge in [-0.1, -0.05) is 25.4 Å². The van der Waals surface area contributed by atoms with Crippen molar-refractivity contribution in [3.63, 3.8) is 0 Å². The molecule has 0 saturated carbocycles. The van der Waals surface area contributed by atoms with Crippen molar-refractivity contribution >= 4 is 17.4 Å². The largest absolute Gasteiger partial charge is 0.507 e. The second-order valence-electron chi connectivity index (χ2n) is 5.94. The van der Waals surface area contributed by atoms with E-state index in [1.54, 1.807) is 6.07 Å². The number of halogens is 1. The van der Waals surface area contributed by atoms with Crippen LogP contribution in [0.5, 0.6) is 5.75 Å². The van der Waals surface area contributed by atoms with Gasteiger partial charge in [-0.2, -0.15) is 0 Å². The highest BCUT2D eigenvalue weighted by atomic mass is 35.5. The van der Waals surface area contributed by atoms with Crippen LogP contribution in [-0.4, -0.2) is 28.4 Å². The predicted molar refractivity (Wildman–Crippen MR) is 81.4 cm³/mol. The minimum Gasteiger partial charge on any atom is -0.507 e. The number of hydrogen-bond acceptors (Lipinski definition) is 3. The highest BCUT2D eigenvalue weighted by Gasteiger charge is 2.28. The van der Waals surface area contributed by atoms with Crippen LogP contribution in [0.2, 0.25) is 5.02 Å². The molecule has 1 aliphatic heterocycles. The number of carbonyl (C=O) groups is 1. The minimum atomic E-state index is -0.159. The maximum Gasteiger partial charge on any atom is 0.163 e. The van der Waals surface area contributed by atoms with Crippen LogP contribution in [0.3, 0.4) is 0 Å². The van der Waals surface area contributed by atoms with E-state index in [-0.39, 0.29) is 11.5 Å². The summed E-state index contributed by atoms with van der Waals surface area (Å²) in [5.41, 5.74) is 1.06. The molecule has 20 heavy (non-hydrogen) atoms. The van der Waals surface area contributed by atoms with Crippen molar-refractivity contribution in [1.82, 2.24) is 4.90 Å². The van der Waals surface area contributed by atoms with Crippen molar-refractivity contribution in [3.8, 4) is 5.75 Å². The van der Waals surface area contributed by atoms with Crippen molar-refractivity contribution in [3.05, 3.63) is 28.3 Å². The van der Waals surface area contributed by atoms with Crippen molar-refractivity contribution in [2.45, 2.75) is 46.2 Å². The number of ketones is 1. The number of hydrogen-bond donors (Lipinski definition) is 1. The Morgan fingerprint density at radius 1 is 1.50 bits per heavy atom. The van der Waals surface area contributed by atoms with Gasteiger partial charge >= 0.3 is 0 Å². The Morgan fingerprint density at radius 3 is 2.80 bits per heavy atom. The zero-order chi connectivity index (χ0) is 14.9. The van der Waals surface area contributed by atoms with E-state index in [1.165, 1.54) is 25.8 Å². The summed E-state index contributed by atoms with van der Waals surface area (Å²) in [4.78, 5) is 13.9. The second-order valence-corrected chi connectivity index (χ2v) is 6.38. The molecule has 110 valence electrons. The average Bonchev–Trinajstić information content (AvgIpc) is 2.81. The molecule has 1 aliphatic rings. The zero-order valence-corrected chi connectivity index (χ0v) is 13.1. The smallest absolute Gasteiger partial charge is 0.163 e. The number of phenolic OH excluding ortho intramolecular Hbond substituents is 1. The first kappa shape index (κ1) is 15.3. The van der Waals surface area contributed by atoms with E-state index in [4.69, 9.17) is 11.6 Å². The predicted octanol–water partition coefficient (Wildman–Crippen LogP) is 3.87. The fraction of sp³-hybridized carbons (Fsp3) is 0.562. The molecule has 0 aromatic heterocycles. The number of benzene rings is 1. The topological polar surface area (TPSA) is 40.5 Å². The van der Waals surface area contributed by atoms with Crippen molar-refractivity contribution in [2.24, 2.45) is 5.92 Å². The number of Topliss-reactive ketones (excluding diaryl/α,β-unsaturated/α-hetero) is 1. The van der Waals surface area contributed by atoms with Gasteiger partial charge in [0.05, 0.1) is 5.56 Å². The van der Waals surface area contributed by atoms with Crippen LogP contribution in [-0.2, 0) is 6.54 Å². The molecule has 1 saturated heterocycles. The lowest BCUT2D eigenvalue weighted by molar-refractivity contribution is 0.101. The Morgan fingerprint density at radius 2 is 2.20 bits per heavy atom. The Kier molecular flexibility index (Phi) is 4.71. The lowest BCUT2D eigenvalue weighted by atomic mass is 10.0. The van der Waals surface area contributed by atoms with E-state index in [9.17, 15) is 9.90 Å². The van der Waals surface area contributed by atoms with Crippen molar-refractivity contribution in [1.29, 1.82) is 0 Å². The lowest BCUT2D eigenvalue weighted by Crippen LogP contribution is -2.32. The summed E-state index contributed by atoms with van der Waals surface area (Å²) in [6.07, 6.45) is 2.38. The molecule has 1 fully saturated rings. The van der Waals surface area contributed by atoms with E-state index < -0.39 is 0 Å². The summed E-state index contributed by atoms with van der Waals surface area (Å²) in [6.45, 7) is 7.57. The Labute approximate surface area is 125 Å². The first-order valence-corrected chi connectivity index (χ1v) is 7.54. The standard InChI is InChI=1S/C16H22ClNO2/c1-10(2)15-5-4-6-18(15)9-12-7-13(17)8-14(11(3)19)16(12)20/h7-8,10,15,20H,4-6,9H2,1-3H3. The van der Waals surface area contributed by atoms with Crippen LogP contribution in [0.15, 0.2) is 12.1 Å². The van der Waals surface area contributed by atoms with Crippen LogP contribution >= 0.6 is 11.6 Å². The third kappa shape index (κ3) is 3.15. The number of rotatable bonds is 4. The quantitative estimate of drug-likeness (QED) is 0.857. The molecule has 0 aliphatic carbocycles. The number of nitrogens with zero attached hydrogens (tertiary/aromatic N) is 1. The van der Waals surface area contributed by atoms with Gasteiger partial charge in [-0.05, 0) is 44.4 Å². The zero-order valence-electron chi connectivity index (χ0n) is 12.3. The molecular weight excluding hydrogens is 274 g/mol. The van der Waals surface area contributed by atoms with E-state index in [2.05, 4.69) is 18.7 Å². The van der Waals surface area contributed by atoms with Gasteiger partial charge in [-0.25, -0.2) is 0 Å². The van der Waals surface area contributed by atoms with Gasteiger partial charge in [0.15, 0.2) is 5.78 Å². The van der Waals surface area contributed by atoms with Gasteiger partial charge < -0.3 is 5.11 Å². The lowest BCUT2D eigenvalue weighted by Gasteiger charge is -2.28. The highest BCUT2D eigenvalue weighted by Crippen LogP contribution is 2.32. The summed E-state index contributed by atoms with van der Waals surface area (Å²) in [6, 6.07) is 3.83. The summed E-state index contributed by atoms with van der Waals surface area (Å²) in [7, 11) is 0. The van der Waals surface area contributed by atoms with Gasteiger partial charge in [0.1, 0.15) is 5.75 Å². The van der Waals surface area contributed by atoms with Crippen LogP contribution in [0.4, 0.5) is 0 Å². The van der Waals surface area contributed by atoms with E-state index >= 15 is 0 Å². The van der Waals surface area contributed by atoms with Gasteiger partial charge in [-0.15, -0.1) is 0 Å². The maximum atomic E-state index is 11.5. The third-order valence-corrected chi connectivity index (χ3v) is 4.31. The van der Waals surface area contributed by atoms with E-state index in [0.29, 0.717) is 29.1 Å². The molecule has 0 spiro atoms. The Hall–Kier alpha value is -1.06. The normalized spacial score (nSPS) is 19.8. The molecule has 0 radical (unpaired) electrons. The number of likely N-dealkylation sites (tertiary alicyclic amines) is 1. The number of aromatic hydroxyl groups is 1. The van der Waals surface area contributed by atoms with E-state index in [1.807, 2.05) is 0 Å². The highest BCUT2D eigenvalue weighted by molar-refractivity contribution is 6.31. The van der Waals surface area contributed by atoms with Crippen molar-refractivity contribution in [2.75, 3.05) is 6.54 Å². The molecule has 2 rings (SSSR count). The van der Waals surface area contributed by atoms with Crippen LogP contribution in [0.25, 0.3) is 0 Å². The van der Waals surface area contributed by atoms with Gasteiger partial charge in [0.2, 0.25) is 0 Å². The van der Waals surface area contributed by atoms with Crippen LogP contribution in [0, 0.1) is 5.92 Å². The minimum absolute atomic E-state index is 0.0799. The van der Waals surface area contributed by atoms with Gasteiger partial charge in [0, 0.05) is 23.2 Å². The summed E-state index contributed by atoms with van der Waals surface area (Å²) >= 11 is 6.07. The molecule has 1 heterocycles. The number of phenols is 1. The molecule has 1 aromatic carbocycles. The molecule has 4 heteroatoms. The molecule has 1 atom stereocenters. The molecule has 3 nitrogen and oxygen atoms in total. The molecular formula is C16H22ClNO2. The summed E-state index contributed by atoms with van der Waals surface area (Å²) in [5.74, 6) is 0.510. The second kappa shape index (κ2) is 6.15. The first-order chi connectivity index (χ1) is 9.40. The summed E-state index contributed by atoms with van der Waals surface area (Å²) in [5, 5.41) is 10.8. The third-order valence-electron chi connectivity index (χ3n) is 4.09. The fourth-order valence-electron chi connectivity index (χ4n) is 3.07. The average molecular weight is 296 g/mol. The molecule has 0 bridgehead atoms. The summed E-state index contributed by atoms with van der Waals surface area (Å²) < 4.78 is 0. The fourth-order valence-corrected chi connectivity index (χ4v) is 3.31. The van der Waals surface area contributed by atoms with Crippen LogP contribution in [0.1, 0.15) is 49.5 Å². The molecule has 1 unspecified atom stereocenters. The Bertz CT molecular complexity index is 513. The van der Waals surface area contributed by atoms with Gasteiger partial charge in [-0.3, -0.25) is 9.69 Å². The molecule has 1 N–H and O–H groups in total. The number of carbonyl (C=O) groups excluding carboxylic acids is 1. The van der Waals surface area contributed by atoms with Crippen molar-refractivity contribution < 1.29 is 9.90 Å². The van der Waals surface area contributed by atoms with Gasteiger partial charge in [0.25, 0.3) is 0 Å². The van der Waals surface area contributed by atoms with E-state index in [0.717, 1.165) is 12.1 Å².